The van der Waals surface area contributed by atoms with Gasteiger partial charge in [0.15, 0.2) is 0 Å². The number of hydrogen-bond acceptors (Lipinski definition) is 5. The lowest BCUT2D eigenvalue weighted by molar-refractivity contribution is -0.369. The number of nitrogens with one attached hydrogen (secondary N) is 1. The van der Waals surface area contributed by atoms with Crippen LogP contribution in [0.5, 0.6) is 0 Å². The maximum Gasteiger partial charge on any atom is 0.402 e. The molecular formula is C19H24BN3O4. The first-order valence-electron chi connectivity index (χ1n) is 8.51. The van der Waals surface area contributed by atoms with E-state index < -0.39 is 12.7 Å². The molecule has 27 heavy (non-hydrogen) atoms. The first kappa shape index (κ1) is 20.5. The molecule has 142 valence electrons. The molecule has 7 N–H and O–H groups in total. The van der Waals surface area contributed by atoms with Crippen LogP contribution in [0.1, 0.15) is 22.6 Å². The number of hydrogen-bond donors (Lipinski definition) is 5. The van der Waals surface area contributed by atoms with E-state index in [0.29, 0.717) is 17.8 Å². The second-order valence-electron chi connectivity index (χ2n) is 6.30. The van der Waals surface area contributed by atoms with Crippen molar-refractivity contribution < 1.29 is 25.6 Å². The molecule has 2 aromatic rings. The molecule has 0 spiro atoms. The Kier molecular flexibility index (Phi) is 6.65. The van der Waals surface area contributed by atoms with E-state index in [4.69, 9.17) is 0 Å². The van der Waals surface area contributed by atoms with Crippen molar-refractivity contribution >= 4 is 36.6 Å². The molecule has 0 aliphatic rings. The van der Waals surface area contributed by atoms with E-state index in [-0.39, 0.29) is 11.4 Å². The molecule has 0 aliphatic carbocycles. The van der Waals surface area contributed by atoms with Gasteiger partial charge in [0, 0.05) is 11.9 Å². The number of aryl methyl sites for hydroxylation is 1. The van der Waals surface area contributed by atoms with Crippen molar-refractivity contribution in [2.75, 3.05) is 11.9 Å². The van der Waals surface area contributed by atoms with Crippen LogP contribution in [0.3, 0.4) is 0 Å². The Morgan fingerprint density at radius 1 is 1.26 bits per heavy atom. The van der Waals surface area contributed by atoms with Crippen LogP contribution in [0.2, 0.25) is 0 Å². The van der Waals surface area contributed by atoms with Crippen molar-refractivity contribution in [2.24, 2.45) is 4.99 Å². The summed E-state index contributed by atoms with van der Waals surface area (Å²) in [5.41, 5.74) is 7.08. The predicted octanol–water partition coefficient (Wildman–Crippen LogP) is -0.247. The summed E-state index contributed by atoms with van der Waals surface area (Å²) in [6, 6.07) is 11.5. The third-order valence-corrected chi connectivity index (χ3v) is 4.30. The highest BCUT2D eigenvalue weighted by Gasteiger charge is 2.23. The van der Waals surface area contributed by atoms with Gasteiger partial charge in [-0.3, -0.25) is 9.79 Å². The average molecular weight is 369 g/mol. The molecule has 8 heteroatoms. The lowest BCUT2D eigenvalue weighted by atomic mass is 9.71. The largest absolute Gasteiger partial charge is 0.556 e. The van der Waals surface area contributed by atoms with E-state index in [2.05, 4.69) is 22.8 Å². The lowest BCUT2D eigenvalue weighted by Gasteiger charge is -2.22. The van der Waals surface area contributed by atoms with E-state index >= 15 is 0 Å². The van der Waals surface area contributed by atoms with Crippen molar-refractivity contribution in [1.82, 2.24) is 0 Å². The van der Waals surface area contributed by atoms with Crippen LogP contribution in [-0.2, 0) is 4.79 Å². The molecule has 0 aromatic heterocycles. The van der Waals surface area contributed by atoms with Gasteiger partial charge < -0.3 is 26.1 Å². The molecule has 0 radical (unpaired) electrons. The molecule has 0 fully saturated rings. The Labute approximate surface area is 157 Å². The van der Waals surface area contributed by atoms with Gasteiger partial charge in [0.2, 0.25) is 5.91 Å². The van der Waals surface area contributed by atoms with Crippen molar-refractivity contribution in [3.63, 3.8) is 0 Å². The van der Waals surface area contributed by atoms with Crippen LogP contribution >= 0.6 is 0 Å². The number of nitrogens with zero attached hydrogens (tertiary/aromatic N) is 1. The Hall–Kier alpha value is -2.78. The molecule has 1 atom stereocenters. The zero-order chi connectivity index (χ0) is 20.0. The fourth-order valence-electron chi connectivity index (χ4n) is 2.70. The Morgan fingerprint density at radius 3 is 2.48 bits per heavy atom. The van der Waals surface area contributed by atoms with Crippen LogP contribution < -0.4 is 16.5 Å². The molecule has 1 amide bonds. The van der Waals surface area contributed by atoms with Gasteiger partial charge in [0.05, 0.1) is 6.54 Å². The maximum absolute atomic E-state index is 12.7. The quantitative estimate of drug-likeness (QED) is 0.340. The van der Waals surface area contributed by atoms with Gasteiger partial charge in [-0.15, -0.1) is 5.46 Å². The summed E-state index contributed by atoms with van der Waals surface area (Å²) in [6.45, 7) is 2.12. The summed E-state index contributed by atoms with van der Waals surface area (Å²) in [6.07, 6.45) is 3.39. The zero-order valence-corrected chi connectivity index (χ0v) is 15.2. The number of quaternary nitrogens is 1. The first-order chi connectivity index (χ1) is 12.8. The highest BCUT2D eigenvalue weighted by atomic mass is 16.5. The van der Waals surface area contributed by atoms with Gasteiger partial charge >= 0.3 is 6.75 Å². The second kappa shape index (κ2) is 8.74. The fraction of sp³-hybridized carbons (Fsp3) is 0.158. The van der Waals surface area contributed by atoms with Gasteiger partial charge in [-0.25, -0.2) is 0 Å². The summed E-state index contributed by atoms with van der Waals surface area (Å²) in [4.78, 5) is 16.4. The minimum Gasteiger partial charge on any atom is -0.556 e. The number of anilines is 1. The third kappa shape index (κ3) is 5.35. The van der Waals surface area contributed by atoms with Crippen molar-refractivity contribution in [1.29, 1.82) is 0 Å². The molecule has 0 aliphatic heterocycles. The van der Waals surface area contributed by atoms with Crippen LogP contribution in [0.25, 0.3) is 6.08 Å². The second-order valence-corrected chi connectivity index (χ2v) is 6.30. The van der Waals surface area contributed by atoms with Gasteiger partial charge in [-0.1, -0.05) is 30.3 Å². The predicted molar refractivity (Wildman–Crippen MR) is 107 cm³/mol. The third-order valence-electron chi connectivity index (χ3n) is 4.30. The SMILES string of the molecule is C=N/C=C\c1cc(NC(=O)C(C[NH3+])c2ccc([B-](O)(O)O)cc2)ccc1C. The minimum absolute atomic E-state index is 0.0206. The summed E-state index contributed by atoms with van der Waals surface area (Å²) in [7, 11) is 0. The molecule has 1 unspecified atom stereocenters. The molecule has 0 saturated heterocycles. The minimum atomic E-state index is -3.56. The summed E-state index contributed by atoms with van der Waals surface area (Å²) in [5.74, 6) is -0.751. The normalized spacial score (nSPS) is 12.8. The Morgan fingerprint density at radius 2 is 1.93 bits per heavy atom. The van der Waals surface area contributed by atoms with E-state index in [1.165, 1.54) is 12.1 Å². The van der Waals surface area contributed by atoms with E-state index in [9.17, 15) is 19.9 Å². The molecule has 2 aromatic carbocycles. The maximum atomic E-state index is 12.7. The van der Waals surface area contributed by atoms with Crippen LogP contribution in [-0.4, -0.2) is 41.0 Å². The van der Waals surface area contributed by atoms with E-state index in [1.807, 2.05) is 31.2 Å². The van der Waals surface area contributed by atoms with Gasteiger partial charge in [0.1, 0.15) is 5.92 Å². The van der Waals surface area contributed by atoms with Gasteiger partial charge in [0.25, 0.3) is 0 Å². The highest BCUT2D eigenvalue weighted by molar-refractivity contribution is 6.71. The summed E-state index contributed by atoms with van der Waals surface area (Å²) < 4.78 is 0. The lowest BCUT2D eigenvalue weighted by Crippen LogP contribution is -2.55. The summed E-state index contributed by atoms with van der Waals surface area (Å²) in [5, 5.41) is 30.6. The smallest absolute Gasteiger partial charge is 0.402 e. The van der Waals surface area contributed by atoms with E-state index in [1.54, 1.807) is 18.3 Å². The first-order valence-corrected chi connectivity index (χ1v) is 8.51. The Bertz CT molecular complexity index is 845. The highest BCUT2D eigenvalue weighted by Crippen LogP contribution is 2.20. The van der Waals surface area contributed by atoms with Crippen LogP contribution in [0.4, 0.5) is 5.69 Å². The molecule has 0 bridgehead atoms. The summed E-state index contributed by atoms with van der Waals surface area (Å²) >= 11 is 0. The zero-order valence-electron chi connectivity index (χ0n) is 15.2. The number of benzene rings is 2. The van der Waals surface area contributed by atoms with Crippen LogP contribution in [0, 0.1) is 6.92 Å². The Balaban J connectivity index is 2.20. The van der Waals surface area contributed by atoms with Crippen LogP contribution in [0.15, 0.2) is 53.7 Å². The topological polar surface area (TPSA) is 130 Å². The van der Waals surface area contributed by atoms with Crippen molar-refractivity contribution in [2.45, 2.75) is 12.8 Å². The molecule has 7 nitrogen and oxygen atoms in total. The molecule has 2 rings (SSSR count). The van der Waals surface area contributed by atoms with Crippen molar-refractivity contribution in [3.05, 3.63) is 65.4 Å². The number of carbonyl (C=O) groups excluding carboxylic acids is 1. The molecule has 0 saturated carbocycles. The number of amides is 1. The average Bonchev–Trinajstić information content (AvgIpc) is 2.62. The standard InChI is InChI=1S/C19H23BN3O4/c1-13-3-8-17(11-15(13)9-10-22-2)23-19(24)18(12-21)14-4-6-16(7-5-14)20(25,26)27/h3-11,18,25-27H,2,12,21H2,1H3,(H,23,24)/q-1/p+1/b10-9-. The number of aliphatic imine (C=N–C) groups is 1. The van der Waals surface area contributed by atoms with Crippen molar-refractivity contribution in [3.8, 4) is 0 Å². The fourth-order valence-corrected chi connectivity index (χ4v) is 2.70. The monoisotopic (exact) mass is 369 g/mol. The van der Waals surface area contributed by atoms with Gasteiger partial charge in [-0.05, 0) is 48.5 Å². The van der Waals surface area contributed by atoms with E-state index in [0.717, 1.165) is 11.1 Å². The van der Waals surface area contributed by atoms with Gasteiger partial charge in [-0.2, -0.15) is 0 Å². The molecule has 0 heterocycles. The number of rotatable bonds is 7. The molecular weight excluding hydrogens is 345 g/mol. The number of carbonyl (C=O) groups is 1.